The molecule has 0 spiro atoms. The minimum absolute atomic E-state index is 0. The first-order valence-corrected chi connectivity index (χ1v) is 5.44. The second-order valence-electron chi connectivity index (χ2n) is 3.66. The van der Waals surface area contributed by atoms with Crippen molar-refractivity contribution >= 4 is 35.6 Å². The van der Waals surface area contributed by atoms with E-state index in [9.17, 15) is 23.7 Å². The lowest BCUT2D eigenvalue weighted by Crippen LogP contribution is -2.41. The van der Waals surface area contributed by atoms with Gasteiger partial charge in [-0.15, -0.1) is 12.4 Å². The Bertz CT molecular complexity index is 515. The molecule has 0 unspecified atom stereocenters. The summed E-state index contributed by atoms with van der Waals surface area (Å²) in [5.41, 5.74) is 3.90. The van der Waals surface area contributed by atoms with Crippen LogP contribution in [0.4, 0.5) is 14.5 Å². The smallest absolute Gasteiger partial charge is 0.282 e. The number of carbonyl (C=O) groups excluding carboxylic acids is 1. The Kier molecular flexibility index (Phi) is 6.77. The molecule has 1 rings (SSSR count). The number of hydrogen-bond acceptors (Lipinski definition) is 4. The van der Waals surface area contributed by atoms with Crippen LogP contribution in [0.3, 0.4) is 0 Å². The Morgan fingerprint density at radius 3 is 2.60 bits per heavy atom. The fraction of sp³-hybridized carbons (Fsp3) is 0.300. The highest BCUT2D eigenvalue weighted by Crippen LogP contribution is 2.22. The van der Waals surface area contributed by atoms with Gasteiger partial charge in [-0.25, -0.2) is 8.78 Å². The normalized spacial score (nSPS) is 10.6. The van der Waals surface area contributed by atoms with E-state index in [1.54, 1.807) is 0 Å². The summed E-state index contributed by atoms with van der Waals surface area (Å²) >= 11 is 5.61. The average Bonchev–Trinajstić information content (AvgIpc) is 2.35. The van der Waals surface area contributed by atoms with Crippen LogP contribution in [-0.4, -0.2) is 29.8 Å². The van der Waals surface area contributed by atoms with E-state index in [-0.39, 0.29) is 23.0 Å². The van der Waals surface area contributed by atoms with Crippen molar-refractivity contribution in [2.45, 2.75) is 5.92 Å². The molecular weight excluding hydrogens is 319 g/mol. The summed E-state index contributed by atoms with van der Waals surface area (Å²) in [6.07, 6.45) is 0. The molecule has 0 atom stereocenters. The maximum Gasteiger partial charge on any atom is 0.282 e. The molecule has 20 heavy (non-hydrogen) atoms. The van der Waals surface area contributed by atoms with E-state index < -0.39 is 35.5 Å². The number of nitrogens with zero attached hydrogens (tertiary/aromatic N) is 1. The number of amides is 1. The standard InChI is InChI=1S/C10H10ClF2N3O3.ClH/c11-6-1-2-8(16(18)19)7(3-6)9(17)15-5-10(12,13)4-14;/h1-3H,4-5,14H2,(H,15,17);1H. The van der Waals surface area contributed by atoms with Crippen molar-refractivity contribution in [2.75, 3.05) is 13.1 Å². The lowest BCUT2D eigenvalue weighted by atomic mass is 10.1. The van der Waals surface area contributed by atoms with Crippen molar-refractivity contribution in [1.29, 1.82) is 0 Å². The number of nitrogens with one attached hydrogen (secondary N) is 1. The van der Waals surface area contributed by atoms with Crippen LogP contribution in [0.1, 0.15) is 10.4 Å². The van der Waals surface area contributed by atoms with E-state index in [4.69, 9.17) is 17.3 Å². The zero-order chi connectivity index (χ0) is 14.6. The van der Waals surface area contributed by atoms with Crippen LogP contribution in [0.5, 0.6) is 0 Å². The number of alkyl halides is 2. The fourth-order valence-electron chi connectivity index (χ4n) is 1.23. The van der Waals surface area contributed by atoms with Gasteiger partial charge in [0.15, 0.2) is 0 Å². The van der Waals surface area contributed by atoms with Crippen LogP contribution < -0.4 is 11.1 Å². The van der Waals surface area contributed by atoms with Crippen LogP contribution in [-0.2, 0) is 0 Å². The van der Waals surface area contributed by atoms with Gasteiger partial charge in [-0.05, 0) is 12.1 Å². The number of halogens is 4. The molecule has 0 saturated heterocycles. The molecule has 0 aliphatic heterocycles. The van der Waals surface area contributed by atoms with Crippen molar-refractivity contribution in [3.05, 3.63) is 38.9 Å². The number of benzene rings is 1. The van der Waals surface area contributed by atoms with E-state index in [2.05, 4.69) is 0 Å². The highest BCUT2D eigenvalue weighted by Gasteiger charge is 2.29. The zero-order valence-electron chi connectivity index (χ0n) is 9.94. The molecule has 0 fully saturated rings. The summed E-state index contributed by atoms with van der Waals surface area (Å²) in [4.78, 5) is 21.5. The fourth-order valence-corrected chi connectivity index (χ4v) is 1.40. The highest BCUT2D eigenvalue weighted by atomic mass is 35.5. The first-order valence-electron chi connectivity index (χ1n) is 5.07. The second-order valence-corrected chi connectivity index (χ2v) is 4.10. The Balaban J connectivity index is 0.00000361. The lowest BCUT2D eigenvalue weighted by Gasteiger charge is -2.14. The summed E-state index contributed by atoms with van der Waals surface area (Å²) in [6, 6.07) is 3.29. The van der Waals surface area contributed by atoms with Gasteiger partial charge in [-0.1, -0.05) is 11.6 Å². The number of rotatable bonds is 5. The monoisotopic (exact) mass is 329 g/mol. The van der Waals surface area contributed by atoms with Gasteiger partial charge in [-0.3, -0.25) is 14.9 Å². The molecule has 1 aromatic carbocycles. The Labute approximate surface area is 123 Å². The molecular formula is C10H11Cl2F2N3O3. The van der Waals surface area contributed by atoms with Crippen molar-refractivity contribution in [2.24, 2.45) is 5.73 Å². The van der Waals surface area contributed by atoms with Crippen molar-refractivity contribution < 1.29 is 18.5 Å². The molecule has 3 N–H and O–H groups in total. The minimum Gasteiger partial charge on any atom is -0.346 e. The first-order chi connectivity index (χ1) is 8.76. The van der Waals surface area contributed by atoms with E-state index in [1.807, 2.05) is 5.32 Å². The maximum absolute atomic E-state index is 12.9. The molecule has 0 heterocycles. The van der Waals surface area contributed by atoms with Crippen LogP contribution in [0.2, 0.25) is 5.02 Å². The molecule has 112 valence electrons. The van der Waals surface area contributed by atoms with Crippen molar-refractivity contribution in [3.8, 4) is 0 Å². The summed E-state index contributed by atoms with van der Waals surface area (Å²) in [5.74, 6) is -4.29. The van der Waals surface area contributed by atoms with Gasteiger partial charge in [0, 0.05) is 11.1 Å². The van der Waals surface area contributed by atoms with Gasteiger partial charge in [-0.2, -0.15) is 0 Å². The van der Waals surface area contributed by atoms with Gasteiger partial charge in [0.1, 0.15) is 5.56 Å². The molecule has 0 radical (unpaired) electrons. The van der Waals surface area contributed by atoms with E-state index in [0.717, 1.165) is 12.1 Å². The van der Waals surface area contributed by atoms with Gasteiger partial charge < -0.3 is 11.1 Å². The Hall–Kier alpha value is -1.51. The molecule has 0 aliphatic rings. The number of nitro groups is 1. The van der Waals surface area contributed by atoms with E-state index in [0.29, 0.717) is 0 Å². The van der Waals surface area contributed by atoms with Crippen LogP contribution in [0, 0.1) is 10.1 Å². The van der Waals surface area contributed by atoms with Crippen LogP contribution in [0.25, 0.3) is 0 Å². The number of nitro benzene ring substituents is 1. The predicted octanol–water partition coefficient (Wildman–Crippen LogP) is 1.99. The van der Waals surface area contributed by atoms with E-state index in [1.165, 1.54) is 6.07 Å². The summed E-state index contributed by atoms with van der Waals surface area (Å²) < 4.78 is 25.7. The predicted molar refractivity (Wildman–Crippen MR) is 71.7 cm³/mol. The Morgan fingerprint density at radius 1 is 1.50 bits per heavy atom. The summed E-state index contributed by atoms with van der Waals surface area (Å²) in [6.45, 7) is -1.95. The average molecular weight is 330 g/mol. The molecule has 0 aliphatic carbocycles. The SMILES string of the molecule is Cl.NCC(F)(F)CNC(=O)c1cc(Cl)ccc1[N+](=O)[O-]. The number of carbonyl (C=O) groups is 1. The third kappa shape index (κ3) is 4.87. The third-order valence-electron chi connectivity index (χ3n) is 2.21. The molecule has 0 saturated carbocycles. The highest BCUT2D eigenvalue weighted by molar-refractivity contribution is 6.31. The van der Waals surface area contributed by atoms with Gasteiger partial charge in [0.25, 0.3) is 17.5 Å². The molecule has 10 heteroatoms. The molecule has 1 aromatic rings. The van der Waals surface area contributed by atoms with Gasteiger partial charge >= 0.3 is 0 Å². The van der Waals surface area contributed by atoms with Gasteiger partial charge in [0.2, 0.25) is 0 Å². The maximum atomic E-state index is 12.9. The van der Waals surface area contributed by atoms with Crippen molar-refractivity contribution in [1.82, 2.24) is 5.32 Å². The first kappa shape index (κ1) is 18.5. The van der Waals surface area contributed by atoms with Crippen molar-refractivity contribution in [3.63, 3.8) is 0 Å². The van der Waals surface area contributed by atoms with Gasteiger partial charge in [0.05, 0.1) is 18.0 Å². The lowest BCUT2D eigenvalue weighted by molar-refractivity contribution is -0.385. The zero-order valence-corrected chi connectivity index (χ0v) is 11.5. The van der Waals surface area contributed by atoms with Crippen LogP contribution in [0.15, 0.2) is 18.2 Å². The van der Waals surface area contributed by atoms with E-state index >= 15 is 0 Å². The molecule has 0 bridgehead atoms. The van der Waals surface area contributed by atoms with Crippen LogP contribution >= 0.6 is 24.0 Å². The molecule has 1 amide bonds. The second kappa shape index (κ2) is 7.32. The summed E-state index contributed by atoms with van der Waals surface area (Å²) in [7, 11) is 0. The topological polar surface area (TPSA) is 98.3 Å². The summed E-state index contributed by atoms with van der Waals surface area (Å²) in [5, 5.41) is 12.7. The quantitative estimate of drug-likeness (QED) is 0.637. The minimum atomic E-state index is -3.27. The third-order valence-corrected chi connectivity index (χ3v) is 2.44. The number of hydrogen-bond donors (Lipinski definition) is 2. The number of nitrogens with two attached hydrogens (primary N) is 1. The Morgan fingerprint density at radius 2 is 2.10 bits per heavy atom. The molecule has 6 nitrogen and oxygen atoms in total. The molecule has 0 aromatic heterocycles. The largest absolute Gasteiger partial charge is 0.346 e.